The van der Waals surface area contributed by atoms with Gasteiger partial charge in [-0.25, -0.2) is 0 Å². The second-order valence-corrected chi connectivity index (χ2v) is 4.83. The molecule has 1 fully saturated rings. The van der Waals surface area contributed by atoms with E-state index in [9.17, 15) is 4.79 Å². The van der Waals surface area contributed by atoms with E-state index in [1.165, 1.54) is 38.4 Å². The van der Waals surface area contributed by atoms with Gasteiger partial charge in [0.1, 0.15) is 6.29 Å². The number of rotatable bonds is 4. The van der Waals surface area contributed by atoms with Crippen LogP contribution in [0.5, 0.6) is 0 Å². The molecule has 1 unspecified atom stereocenters. The highest BCUT2D eigenvalue weighted by Crippen LogP contribution is 2.35. The summed E-state index contributed by atoms with van der Waals surface area (Å²) in [6, 6.07) is 0. The Hall–Kier alpha value is -0.330. The SMILES string of the molecule is CCC(C)(C=O)CC1CCCCC1. The van der Waals surface area contributed by atoms with Crippen molar-refractivity contribution in [2.45, 2.75) is 58.8 Å². The van der Waals surface area contributed by atoms with Crippen LogP contribution in [0.4, 0.5) is 0 Å². The molecule has 1 rings (SSSR count). The molecular weight excluding hydrogens is 160 g/mol. The third kappa shape index (κ3) is 3.13. The highest BCUT2D eigenvalue weighted by Gasteiger charge is 2.26. The molecule has 0 aliphatic heterocycles. The smallest absolute Gasteiger partial charge is 0.125 e. The minimum absolute atomic E-state index is 0.0397. The third-order valence-corrected chi connectivity index (χ3v) is 3.57. The quantitative estimate of drug-likeness (QED) is 0.607. The van der Waals surface area contributed by atoms with Crippen LogP contribution < -0.4 is 0 Å². The van der Waals surface area contributed by atoms with Crippen molar-refractivity contribution in [2.24, 2.45) is 11.3 Å². The fraction of sp³-hybridized carbons (Fsp3) is 0.917. The Bertz CT molecular complexity index is 159. The highest BCUT2D eigenvalue weighted by molar-refractivity contribution is 5.58. The van der Waals surface area contributed by atoms with Gasteiger partial charge >= 0.3 is 0 Å². The molecule has 1 aliphatic rings. The van der Waals surface area contributed by atoms with E-state index < -0.39 is 0 Å². The molecule has 1 nitrogen and oxygen atoms in total. The number of aldehydes is 1. The first-order valence-electron chi connectivity index (χ1n) is 5.66. The van der Waals surface area contributed by atoms with Crippen molar-refractivity contribution < 1.29 is 4.79 Å². The normalized spacial score (nSPS) is 23.8. The second-order valence-electron chi connectivity index (χ2n) is 4.83. The van der Waals surface area contributed by atoms with E-state index in [2.05, 4.69) is 13.8 Å². The van der Waals surface area contributed by atoms with Gasteiger partial charge in [0.15, 0.2) is 0 Å². The predicted octanol–water partition coefficient (Wildman–Crippen LogP) is 3.57. The van der Waals surface area contributed by atoms with Gasteiger partial charge in [0.2, 0.25) is 0 Å². The first-order chi connectivity index (χ1) is 6.20. The van der Waals surface area contributed by atoms with Crippen LogP contribution in [-0.4, -0.2) is 6.29 Å². The average molecular weight is 182 g/mol. The van der Waals surface area contributed by atoms with E-state index in [4.69, 9.17) is 0 Å². The zero-order chi connectivity index (χ0) is 9.73. The molecule has 0 amide bonds. The number of carbonyl (C=O) groups is 1. The summed E-state index contributed by atoms with van der Waals surface area (Å²) in [4.78, 5) is 10.9. The second kappa shape index (κ2) is 4.78. The molecule has 0 heterocycles. The van der Waals surface area contributed by atoms with E-state index in [0.717, 1.165) is 18.8 Å². The Labute approximate surface area is 81.9 Å². The molecule has 1 saturated carbocycles. The van der Waals surface area contributed by atoms with E-state index in [1.807, 2.05) is 0 Å². The number of carbonyl (C=O) groups excluding carboxylic acids is 1. The minimum Gasteiger partial charge on any atom is -0.303 e. The number of hydrogen-bond acceptors (Lipinski definition) is 1. The van der Waals surface area contributed by atoms with E-state index in [-0.39, 0.29) is 5.41 Å². The molecule has 0 aromatic heterocycles. The molecule has 1 aliphatic carbocycles. The maximum Gasteiger partial charge on any atom is 0.125 e. The van der Waals surface area contributed by atoms with Crippen molar-refractivity contribution in [3.8, 4) is 0 Å². The van der Waals surface area contributed by atoms with Crippen molar-refractivity contribution in [3.05, 3.63) is 0 Å². The van der Waals surface area contributed by atoms with Crippen molar-refractivity contribution in [1.82, 2.24) is 0 Å². The molecule has 1 heteroatoms. The van der Waals surface area contributed by atoms with Gasteiger partial charge in [-0.05, 0) is 18.8 Å². The maximum absolute atomic E-state index is 10.9. The van der Waals surface area contributed by atoms with Gasteiger partial charge in [-0.15, -0.1) is 0 Å². The lowest BCUT2D eigenvalue weighted by atomic mass is 9.75. The molecule has 76 valence electrons. The molecule has 0 bridgehead atoms. The molecule has 13 heavy (non-hydrogen) atoms. The van der Waals surface area contributed by atoms with Gasteiger partial charge in [-0.1, -0.05) is 46.0 Å². The summed E-state index contributed by atoms with van der Waals surface area (Å²) in [5.74, 6) is 0.823. The van der Waals surface area contributed by atoms with Crippen molar-refractivity contribution >= 4 is 6.29 Å². The Morgan fingerprint density at radius 1 is 1.31 bits per heavy atom. The van der Waals surface area contributed by atoms with Crippen LogP contribution >= 0.6 is 0 Å². The molecule has 0 aromatic carbocycles. The lowest BCUT2D eigenvalue weighted by molar-refractivity contribution is -0.116. The maximum atomic E-state index is 10.9. The van der Waals surface area contributed by atoms with Crippen molar-refractivity contribution in [3.63, 3.8) is 0 Å². The first kappa shape index (κ1) is 10.7. The summed E-state index contributed by atoms with van der Waals surface area (Å²) in [6.45, 7) is 4.23. The zero-order valence-corrected chi connectivity index (χ0v) is 9.01. The van der Waals surface area contributed by atoms with Gasteiger partial charge in [-0.3, -0.25) is 0 Å². The standard InChI is InChI=1S/C12H22O/c1-3-12(2,10-13)9-11-7-5-4-6-8-11/h10-11H,3-9H2,1-2H3. The van der Waals surface area contributed by atoms with Gasteiger partial charge in [0.25, 0.3) is 0 Å². The number of hydrogen-bond donors (Lipinski definition) is 0. The highest BCUT2D eigenvalue weighted by atomic mass is 16.1. The van der Waals surface area contributed by atoms with E-state index >= 15 is 0 Å². The minimum atomic E-state index is -0.0397. The molecule has 0 N–H and O–H groups in total. The molecule has 0 aromatic rings. The summed E-state index contributed by atoms with van der Waals surface area (Å²) >= 11 is 0. The Morgan fingerprint density at radius 2 is 1.92 bits per heavy atom. The monoisotopic (exact) mass is 182 g/mol. The van der Waals surface area contributed by atoms with Gasteiger partial charge in [0.05, 0.1) is 0 Å². The van der Waals surface area contributed by atoms with Crippen LogP contribution in [0.25, 0.3) is 0 Å². The topological polar surface area (TPSA) is 17.1 Å². The van der Waals surface area contributed by atoms with Crippen molar-refractivity contribution in [2.75, 3.05) is 0 Å². The third-order valence-electron chi connectivity index (χ3n) is 3.57. The summed E-state index contributed by atoms with van der Waals surface area (Å²) in [7, 11) is 0. The lowest BCUT2D eigenvalue weighted by Crippen LogP contribution is -2.22. The van der Waals surface area contributed by atoms with Crippen LogP contribution in [-0.2, 0) is 4.79 Å². The molecule has 0 radical (unpaired) electrons. The molecule has 0 saturated heterocycles. The summed E-state index contributed by atoms with van der Waals surface area (Å²) in [6.07, 6.45) is 10.1. The van der Waals surface area contributed by atoms with E-state index in [0.29, 0.717) is 0 Å². The first-order valence-corrected chi connectivity index (χ1v) is 5.66. The predicted molar refractivity (Wildman–Crippen MR) is 55.7 cm³/mol. The molecule has 0 spiro atoms. The van der Waals surface area contributed by atoms with Gasteiger partial charge < -0.3 is 4.79 Å². The Kier molecular flexibility index (Phi) is 3.95. The zero-order valence-electron chi connectivity index (χ0n) is 9.01. The van der Waals surface area contributed by atoms with Gasteiger partial charge in [0, 0.05) is 5.41 Å². The summed E-state index contributed by atoms with van der Waals surface area (Å²) in [5.41, 5.74) is -0.0397. The van der Waals surface area contributed by atoms with Crippen molar-refractivity contribution in [1.29, 1.82) is 0 Å². The average Bonchev–Trinajstić information content (AvgIpc) is 2.19. The fourth-order valence-corrected chi connectivity index (χ4v) is 2.33. The van der Waals surface area contributed by atoms with Crippen LogP contribution in [0.3, 0.4) is 0 Å². The van der Waals surface area contributed by atoms with Crippen LogP contribution in [0, 0.1) is 11.3 Å². The molecular formula is C12H22O. The Balaban J connectivity index is 2.40. The summed E-state index contributed by atoms with van der Waals surface area (Å²) < 4.78 is 0. The van der Waals surface area contributed by atoms with Crippen LogP contribution in [0.2, 0.25) is 0 Å². The lowest BCUT2D eigenvalue weighted by Gasteiger charge is -2.29. The largest absolute Gasteiger partial charge is 0.303 e. The van der Waals surface area contributed by atoms with Crippen LogP contribution in [0.1, 0.15) is 58.8 Å². The van der Waals surface area contributed by atoms with E-state index in [1.54, 1.807) is 0 Å². The summed E-state index contributed by atoms with van der Waals surface area (Å²) in [5, 5.41) is 0. The van der Waals surface area contributed by atoms with Crippen LogP contribution in [0.15, 0.2) is 0 Å². The molecule has 1 atom stereocenters. The van der Waals surface area contributed by atoms with Gasteiger partial charge in [-0.2, -0.15) is 0 Å². The fourth-order valence-electron chi connectivity index (χ4n) is 2.33. The Morgan fingerprint density at radius 3 is 2.38 bits per heavy atom.